The summed E-state index contributed by atoms with van der Waals surface area (Å²) in [7, 11) is 3.70. The largest absolute Gasteiger partial charge is 0.357 e. The number of carbonyl (C=O) groups is 1. The SMILES string of the molecule is CCNC(=NCC1(C(=O)N(C)C)CCCC1)NC1CC1(C)C. The van der Waals surface area contributed by atoms with E-state index in [9.17, 15) is 4.79 Å². The Morgan fingerprint density at radius 3 is 2.32 bits per heavy atom. The van der Waals surface area contributed by atoms with E-state index in [1.54, 1.807) is 4.90 Å². The van der Waals surface area contributed by atoms with E-state index in [4.69, 9.17) is 4.99 Å². The van der Waals surface area contributed by atoms with Crippen molar-refractivity contribution in [3.8, 4) is 0 Å². The molecule has 1 atom stereocenters. The number of hydrogen-bond donors (Lipinski definition) is 2. The van der Waals surface area contributed by atoms with Crippen molar-refractivity contribution >= 4 is 11.9 Å². The van der Waals surface area contributed by atoms with E-state index in [2.05, 4.69) is 31.4 Å². The average molecular weight is 308 g/mol. The van der Waals surface area contributed by atoms with Gasteiger partial charge in [0, 0.05) is 26.7 Å². The molecule has 2 aliphatic rings. The van der Waals surface area contributed by atoms with Crippen LogP contribution < -0.4 is 10.6 Å². The van der Waals surface area contributed by atoms with Crippen LogP contribution in [0, 0.1) is 10.8 Å². The second kappa shape index (κ2) is 6.47. The molecular formula is C17H32N4O. The molecule has 22 heavy (non-hydrogen) atoms. The Morgan fingerprint density at radius 2 is 1.86 bits per heavy atom. The minimum atomic E-state index is -0.287. The van der Waals surface area contributed by atoms with Crippen LogP contribution in [-0.2, 0) is 4.79 Å². The Kier molecular flexibility index (Phi) is 5.03. The van der Waals surface area contributed by atoms with Crippen molar-refractivity contribution in [2.45, 2.75) is 58.9 Å². The molecule has 0 aromatic rings. The summed E-state index contributed by atoms with van der Waals surface area (Å²) in [5.74, 6) is 1.09. The molecule has 0 aromatic carbocycles. The molecule has 5 heteroatoms. The van der Waals surface area contributed by atoms with E-state index >= 15 is 0 Å². The maximum absolute atomic E-state index is 12.6. The predicted octanol–water partition coefficient (Wildman–Crippen LogP) is 1.99. The quantitative estimate of drug-likeness (QED) is 0.603. The molecule has 2 aliphatic carbocycles. The molecule has 0 aliphatic heterocycles. The van der Waals surface area contributed by atoms with Gasteiger partial charge in [0.1, 0.15) is 0 Å². The van der Waals surface area contributed by atoms with Crippen LogP contribution in [0.5, 0.6) is 0 Å². The highest BCUT2D eigenvalue weighted by Gasteiger charge is 2.46. The summed E-state index contributed by atoms with van der Waals surface area (Å²) in [4.78, 5) is 19.1. The highest BCUT2D eigenvalue weighted by Crippen LogP contribution is 2.44. The molecule has 5 nitrogen and oxygen atoms in total. The van der Waals surface area contributed by atoms with Gasteiger partial charge in [-0.15, -0.1) is 0 Å². The highest BCUT2D eigenvalue weighted by molar-refractivity contribution is 5.84. The summed E-state index contributed by atoms with van der Waals surface area (Å²) < 4.78 is 0. The third-order valence-electron chi connectivity index (χ3n) is 5.13. The fourth-order valence-corrected chi connectivity index (χ4v) is 3.39. The van der Waals surface area contributed by atoms with E-state index in [1.807, 2.05) is 14.1 Å². The normalized spacial score (nSPS) is 25.7. The lowest BCUT2D eigenvalue weighted by molar-refractivity contribution is -0.138. The van der Waals surface area contributed by atoms with Crippen molar-refractivity contribution in [2.24, 2.45) is 15.8 Å². The average Bonchev–Trinajstić information content (AvgIpc) is 2.88. The fraction of sp³-hybridized carbons (Fsp3) is 0.882. The summed E-state index contributed by atoms with van der Waals surface area (Å²) in [5.41, 5.74) is 0.0750. The third-order valence-corrected chi connectivity index (χ3v) is 5.13. The first-order chi connectivity index (χ1) is 10.3. The van der Waals surface area contributed by atoms with Crippen molar-refractivity contribution in [2.75, 3.05) is 27.2 Å². The topological polar surface area (TPSA) is 56.7 Å². The Bertz CT molecular complexity index is 436. The number of rotatable bonds is 5. The number of hydrogen-bond acceptors (Lipinski definition) is 2. The Balaban J connectivity index is 2.05. The van der Waals surface area contributed by atoms with Crippen molar-refractivity contribution in [1.82, 2.24) is 15.5 Å². The van der Waals surface area contributed by atoms with Crippen LogP contribution in [-0.4, -0.2) is 50.0 Å². The molecule has 126 valence electrons. The first-order valence-electron chi connectivity index (χ1n) is 8.57. The molecule has 0 radical (unpaired) electrons. The first-order valence-corrected chi connectivity index (χ1v) is 8.57. The van der Waals surface area contributed by atoms with Gasteiger partial charge in [-0.1, -0.05) is 26.7 Å². The van der Waals surface area contributed by atoms with Crippen molar-refractivity contribution in [3.63, 3.8) is 0 Å². The third kappa shape index (κ3) is 3.73. The van der Waals surface area contributed by atoms with Crippen LogP contribution in [0.2, 0.25) is 0 Å². The van der Waals surface area contributed by atoms with Gasteiger partial charge < -0.3 is 15.5 Å². The molecule has 0 saturated heterocycles. The van der Waals surface area contributed by atoms with Crippen LogP contribution in [0.25, 0.3) is 0 Å². The van der Waals surface area contributed by atoms with Gasteiger partial charge in [0.15, 0.2) is 5.96 Å². The van der Waals surface area contributed by atoms with Gasteiger partial charge >= 0.3 is 0 Å². The number of aliphatic imine (C=N–C) groups is 1. The molecule has 2 N–H and O–H groups in total. The van der Waals surface area contributed by atoms with Gasteiger partial charge in [0.25, 0.3) is 0 Å². The van der Waals surface area contributed by atoms with Crippen LogP contribution >= 0.6 is 0 Å². The number of carbonyl (C=O) groups excluding carboxylic acids is 1. The monoisotopic (exact) mass is 308 g/mol. The lowest BCUT2D eigenvalue weighted by Gasteiger charge is -2.29. The molecule has 0 aromatic heterocycles. The van der Waals surface area contributed by atoms with Crippen LogP contribution in [0.1, 0.15) is 52.9 Å². The second-order valence-electron chi connectivity index (χ2n) is 7.77. The minimum absolute atomic E-state index is 0.233. The maximum atomic E-state index is 12.6. The molecule has 0 heterocycles. The van der Waals surface area contributed by atoms with Gasteiger partial charge in [-0.2, -0.15) is 0 Å². The van der Waals surface area contributed by atoms with Gasteiger partial charge in [-0.05, 0) is 31.6 Å². The fourth-order valence-electron chi connectivity index (χ4n) is 3.39. The number of nitrogens with zero attached hydrogens (tertiary/aromatic N) is 2. The molecule has 1 unspecified atom stereocenters. The van der Waals surface area contributed by atoms with Crippen LogP contribution in [0.15, 0.2) is 4.99 Å². The summed E-state index contributed by atoms with van der Waals surface area (Å²) in [5, 5.41) is 6.82. The molecule has 0 bridgehead atoms. The Morgan fingerprint density at radius 1 is 1.27 bits per heavy atom. The summed E-state index contributed by atoms with van der Waals surface area (Å²) in [6.45, 7) is 8.04. The number of amides is 1. The molecular weight excluding hydrogens is 276 g/mol. The van der Waals surface area contributed by atoms with E-state index in [0.29, 0.717) is 18.0 Å². The second-order valence-corrected chi connectivity index (χ2v) is 7.77. The lowest BCUT2D eigenvalue weighted by Crippen LogP contribution is -2.43. The maximum Gasteiger partial charge on any atom is 0.230 e. The zero-order valence-electron chi connectivity index (χ0n) is 14.8. The zero-order valence-corrected chi connectivity index (χ0v) is 14.8. The van der Waals surface area contributed by atoms with Gasteiger partial charge in [0.05, 0.1) is 12.0 Å². The summed E-state index contributed by atoms with van der Waals surface area (Å²) >= 11 is 0. The minimum Gasteiger partial charge on any atom is -0.357 e. The van der Waals surface area contributed by atoms with Gasteiger partial charge in [0.2, 0.25) is 5.91 Å². The van der Waals surface area contributed by atoms with Crippen molar-refractivity contribution in [1.29, 1.82) is 0 Å². The summed E-state index contributed by atoms with van der Waals surface area (Å²) in [6.07, 6.45) is 5.37. The van der Waals surface area contributed by atoms with Crippen LogP contribution in [0.3, 0.4) is 0 Å². The number of nitrogens with one attached hydrogen (secondary N) is 2. The van der Waals surface area contributed by atoms with E-state index < -0.39 is 0 Å². The lowest BCUT2D eigenvalue weighted by atomic mass is 9.85. The predicted molar refractivity (Wildman–Crippen MR) is 90.9 cm³/mol. The summed E-state index contributed by atoms with van der Waals surface area (Å²) in [6, 6.07) is 0.495. The zero-order chi connectivity index (χ0) is 16.4. The van der Waals surface area contributed by atoms with E-state index in [1.165, 1.54) is 6.42 Å². The molecule has 0 spiro atoms. The molecule has 2 saturated carbocycles. The molecule has 2 fully saturated rings. The van der Waals surface area contributed by atoms with Gasteiger partial charge in [-0.3, -0.25) is 9.79 Å². The smallest absolute Gasteiger partial charge is 0.230 e. The number of guanidine groups is 1. The standard InChI is InChI=1S/C17H32N4O/c1-6-18-15(20-13-11-16(13,2)3)19-12-17(9-7-8-10-17)14(22)21(4)5/h13H,6-12H2,1-5H3,(H2,18,19,20). The first kappa shape index (κ1) is 17.1. The molecule has 1 amide bonds. The Labute approximate surface area is 134 Å². The van der Waals surface area contributed by atoms with E-state index in [-0.39, 0.29) is 11.3 Å². The van der Waals surface area contributed by atoms with Crippen molar-refractivity contribution in [3.05, 3.63) is 0 Å². The van der Waals surface area contributed by atoms with Crippen molar-refractivity contribution < 1.29 is 4.79 Å². The van der Waals surface area contributed by atoms with Gasteiger partial charge in [-0.25, -0.2) is 0 Å². The van der Waals surface area contributed by atoms with Crippen LogP contribution in [0.4, 0.5) is 0 Å². The highest BCUT2D eigenvalue weighted by atomic mass is 16.2. The Hall–Kier alpha value is -1.26. The van der Waals surface area contributed by atoms with E-state index in [0.717, 1.165) is 38.2 Å². The molecule has 2 rings (SSSR count).